The first-order valence-electron chi connectivity index (χ1n) is 9.00. The molecule has 1 aliphatic carbocycles. The van der Waals surface area contributed by atoms with Crippen molar-refractivity contribution >= 4 is 5.96 Å². The summed E-state index contributed by atoms with van der Waals surface area (Å²) in [4.78, 5) is 8.60. The zero-order valence-corrected chi connectivity index (χ0v) is 14.8. The molecular formula is C19H27N5O. The number of ether oxygens (including phenoxy) is 1. The monoisotopic (exact) mass is 341 g/mol. The lowest BCUT2D eigenvalue weighted by Crippen LogP contribution is -2.38. The van der Waals surface area contributed by atoms with Crippen molar-refractivity contribution in [3.63, 3.8) is 0 Å². The summed E-state index contributed by atoms with van der Waals surface area (Å²) in [6, 6.07) is 8.07. The maximum Gasteiger partial charge on any atom is 0.213 e. The van der Waals surface area contributed by atoms with Gasteiger partial charge in [-0.25, -0.2) is 4.98 Å². The molecule has 2 aromatic rings. The highest BCUT2D eigenvalue weighted by atomic mass is 16.5. The zero-order chi connectivity index (χ0) is 17.3. The number of rotatable bonds is 7. The van der Waals surface area contributed by atoms with Crippen LogP contribution in [0.5, 0.6) is 5.88 Å². The number of pyridine rings is 1. The quantitative estimate of drug-likeness (QED) is 0.600. The van der Waals surface area contributed by atoms with E-state index < -0.39 is 0 Å². The van der Waals surface area contributed by atoms with E-state index in [-0.39, 0.29) is 0 Å². The Morgan fingerprint density at radius 3 is 2.84 bits per heavy atom. The minimum absolute atomic E-state index is 0.332. The molecule has 1 saturated carbocycles. The van der Waals surface area contributed by atoms with Gasteiger partial charge in [0, 0.05) is 51.3 Å². The summed E-state index contributed by atoms with van der Waals surface area (Å²) in [6.07, 6.45) is 11.1. The Labute approximate surface area is 149 Å². The maximum atomic E-state index is 5.97. The first kappa shape index (κ1) is 17.3. The fourth-order valence-corrected chi connectivity index (χ4v) is 3.03. The van der Waals surface area contributed by atoms with Gasteiger partial charge in [-0.3, -0.25) is 4.99 Å². The van der Waals surface area contributed by atoms with Gasteiger partial charge in [0.15, 0.2) is 5.96 Å². The Hall–Kier alpha value is -2.50. The molecule has 0 unspecified atom stereocenters. The van der Waals surface area contributed by atoms with E-state index >= 15 is 0 Å². The summed E-state index contributed by atoms with van der Waals surface area (Å²) < 4.78 is 8.10. The van der Waals surface area contributed by atoms with Crippen LogP contribution in [0.15, 0.2) is 47.8 Å². The average molecular weight is 341 g/mol. The van der Waals surface area contributed by atoms with Gasteiger partial charge in [0.25, 0.3) is 0 Å². The Kier molecular flexibility index (Phi) is 6.31. The van der Waals surface area contributed by atoms with Crippen molar-refractivity contribution in [3.05, 3.63) is 48.4 Å². The first-order valence-corrected chi connectivity index (χ1v) is 9.00. The lowest BCUT2D eigenvalue weighted by molar-refractivity contribution is 0.201. The van der Waals surface area contributed by atoms with Gasteiger partial charge in [-0.05, 0) is 49.4 Å². The molecule has 2 heterocycles. The lowest BCUT2D eigenvalue weighted by Gasteiger charge is -2.14. The molecule has 0 bridgehead atoms. The number of guanidine groups is 1. The predicted octanol–water partition coefficient (Wildman–Crippen LogP) is 2.57. The fraction of sp³-hybridized carbons (Fsp3) is 0.474. The highest BCUT2D eigenvalue weighted by Gasteiger charge is 2.17. The third kappa shape index (κ3) is 5.52. The number of hydrogen-bond acceptors (Lipinski definition) is 3. The van der Waals surface area contributed by atoms with Gasteiger partial charge >= 0.3 is 0 Å². The summed E-state index contributed by atoms with van der Waals surface area (Å²) in [5.41, 5.74) is 1.14. The van der Waals surface area contributed by atoms with E-state index in [1.54, 1.807) is 7.05 Å². The number of aromatic nitrogens is 2. The highest BCUT2D eigenvalue weighted by molar-refractivity contribution is 5.79. The molecule has 1 aliphatic rings. The van der Waals surface area contributed by atoms with Crippen LogP contribution in [0, 0.1) is 0 Å². The van der Waals surface area contributed by atoms with Gasteiger partial charge in [-0.1, -0.05) is 0 Å². The summed E-state index contributed by atoms with van der Waals surface area (Å²) in [5.74, 6) is 1.52. The topological polar surface area (TPSA) is 63.5 Å². The van der Waals surface area contributed by atoms with E-state index in [1.165, 1.54) is 12.8 Å². The SMILES string of the molecule is CN=C(NCCn1cccc1)NCc1ccnc(OC2CCCC2)c1. The smallest absolute Gasteiger partial charge is 0.213 e. The van der Waals surface area contributed by atoms with Crippen LogP contribution in [0.25, 0.3) is 0 Å². The third-order valence-corrected chi connectivity index (χ3v) is 4.40. The molecule has 6 nitrogen and oxygen atoms in total. The maximum absolute atomic E-state index is 5.97. The van der Waals surface area contributed by atoms with Crippen molar-refractivity contribution in [1.82, 2.24) is 20.2 Å². The minimum Gasteiger partial charge on any atom is -0.474 e. The van der Waals surface area contributed by atoms with Crippen LogP contribution in [0.1, 0.15) is 31.2 Å². The Bertz CT molecular complexity index is 662. The van der Waals surface area contributed by atoms with Gasteiger partial charge in [-0.15, -0.1) is 0 Å². The summed E-state index contributed by atoms with van der Waals surface area (Å²) in [7, 11) is 1.78. The van der Waals surface area contributed by atoms with E-state index in [2.05, 4.69) is 37.6 Å². The van der Waals surface area contributed by atoms with Gasteiger partial charge in [0.1, 0.15) is 6.10 Å². The van der Waals surface area contributed by atoms with Crippen LogP contribution in [0.3, 0.4) is 0 Å². The summed E-state index contributed by atoms with van der Waals surface area (Å²) in [6.45, 7) is 2.41. The van der Waals surface area contributed by atoms with E-state index in [9.17, 15) is 0 Å². The number of nitrogens with zero attached hydrogens (tertiary/aromatic N) is 3. The van der Waals surface area contributed by atoms with Crippen LogP contribution in [0.2, 0.25) is 0 Å². The van der Waals surface area contributed by atoms with Crippen molar-refractivity contribution in [2.75, 3.05) is 13.6 Å². The molecular weight excluding hydrogens is 314 g/mol. The molecule has 2 N–H and O–H groups in total. The Morgan fingerprint density at radius 1 is 1.28 bits per heavy atom. The zero-order valence-electron chi connectivity index (χ0n) is 14.8. The van der Waals surface area contributed by atoms with Gasteiger partial charge in [0.05, 0.1) is 0 Å². The summed E-state index contributed by atoms with van der Waals surface area (Å²) in [5, 5.41) is 6.66. The number of nitrogens with one attached hydrogen (secondary N) is 2. The average Bonchev–Trinajstić information content (AvgIpc) is 3.32. The Balaban J connectivity index is 1.44. The van der Waals surface area contributed by atoms with Crippen LogP contribution in [-0.4, -0.2) is 35.2 Å². The normalized spacial score (nSPS) is 15.3. The van der Waals surface area contributed by atoms with Crippen molar-refractivity contribution in [1.29, 1.82) is 0 Å². The molecule has 0 aromatic carbocycles. The van der Waals surface area contributed by atoms with Gasteiger partial charge in [0.2, 0.25) is 5.88 Å². The highest BCUT2D eigenvalue weighted by Crippen LogP contribution is 2.23. The molecule has 0 spiro atoms. The summed E-state index contributed by atoms with van der Waals surface area (Å²) >= 11 is 0. The second-order valence-corrected chi connectivity index (χ2v) is 6.30. The van der Waals surface area contributed by atoms with Crippen molar-refractivity contribution in [2.45, 2.75) is 44.9 Å². The second kappa shape index (κ2) is 9.11. The van der Waals surface area contributed by atoms with Crippen molar-refractivity contribution in [3.8, 4) is 5.88 Å². The van der Waals surface area contributed by atoms with Crippen LogP contribution >= 0.6 is 0 Å². The van der Waals surface area contributed by atoms with E-state index in [1.807, 2.05) is 30.5 Å². The molecule has 0 aliphatic heterocycles. The van der Waals surface area contributed by atoms with E-state index in [4.69, 9.17) is 4.74 Å². The van der Waals surface area contributed by atoms with E-state index in [0.29, 0.717) is 12.6 Å². The Morgan fingerprint density at radius 2 is 2.08 bits per heavy atom. The second-order valence-electron chi connectivity index (χ2n) is 6.30. The van der Waals surface area contributed by atoms with Crippen LogP contribution < -0.4 is 15.4 Å². The van der Waals surface area contributed by atoms with Crippen molar-refractivity contribution < 1.29 is 4.74 Å². The van der Waals surface area contributed by atoms with Crippen LogP contribution in [-0.2, 0) is 13.1 Å². The number of hydrogen-bond donors (Lipinski definition) is 2. The molecule has 0 saturated heterocycles. The first-order chi connectivity index (χ1) is 12.3. The fourth-order valence-electron chi connectivity index (χ4n) is 3.03. The van der Waals surface area contributed by atoms with Crippen LogP contribution in [0.4, 0.5) is 0 Å². The molecule has 6 heteroatoms. The molecule has 0 atom stereocenters. The molecule has 25 heavy (non-hydrogen) atoms. The molecule has 2 aromatic heterocycles. The molecule has 0 amide bonds. The van der Waals surface area contributed by atoms with Gasteiger partial charge in [-0.2, -0.15) is 0 Å². The third-order valence-electron chi connectivity index (χ3n) is 4.40. The predicted molar refractivity (Wildman–Crippen MR) is 99.8 cm³/mol. The lowest BCUT2D eigenvalue weighted by atomic mass is 10.2. The molecule has 0 radical (unpaired) electrons. The minimum atomic E-state index is 0.332. The molecule has 1 fully saturated rings. The van der Waals surface area contributed by atoms with Gasteiger partial charge < -0.3 is 19.9 Å². The standard InChI is InChI=1S/C19H27N5O/c1-20-19(22-10-13-24-11-4-5-12-24)23-15-16-8-9-21-18(14-16)25-17-6-2-3-7-17/h4-5,8-9,11-12,14,17H,2-3,6-7,10,13,15H2,1H3,(H2,20,22,23). The molecule has 134 valence electrons. The molecule has 3 rings (SSSR count). The number of aliphatic imine (C=N–C) groups is 1. The largest absolute Gasteiger partial charge is 0.474 e. The van der Waals surface area contributed by atoms with E-state index in [0.717, 1.165) is 43.3 Å². The van der Waals surface area contributed by atoms with Crippen molar-refractivity contribution in [2.24, 2.45) is 4.99 Å².